The van der Waals surface area contributed by atoms with Crippen LogP contribution in [0.25, 0.3) is 0 Å². The van der Waals surface area contributed by atoms with Gasteiger partial charge in [0.2, 0.25) is 5.91 Å². The lowest BCUT2D eigenvalue weighted by atomic mass is 10.2. The number of aryl methyl sites for hydroxylation is 1. The number of amides is 1. The lowest BCUT2D eigenvalue weighted by Gasteiger charge is -2.05. The maximum Gasteiger partial charge on any atom is 0.224 e. The Morgan fingerprint density at radius 3 is 2.73 bits per heavy atom. The lowest BCUT2D eigenvalue weighted by Crippen LogP contribution is -2.12. The fourth-order valence-electron chi connectivity index (χ4n) is 2.48. The molecule has 1 aromatic heterocycles. The molecular weight excluding hydrogens is 321 g/mol. The first-order chi connectivity index (χ1) is 10.5. The molecule has 0 unspecified atom stereocenters. The van der Waals surface area contributed by atoms with Gasteiger partial charge >= 0.3 is 0 Å². The minimum absolute atomic E-state index is 0.0730. The molecule has 1 aliphatic rings. The van der Waals surface area contributed by atoms with Crippen LogP contribution in [-0.4, -0.2) is 5.91 Å². The number of benzene rings is 1. The third kappa shape index (κ3) is 3.65. The number of carbonyl (C=O) groups excluding carboxylic acids is 1. The van der Waals surface area contributed by atoms with Crippen LogP contribution in [0.3, 0.4) is 0 Å². The zero-order chi connectivity index (χ0) is 15.7. The van der Waals surface area contributed by atoms with Crippen molar-refractivity contribution in [2.24, 2.45) is 5.92 Å². The summed E-state index contributed by atoms with van der Waals surface area (Å²) >= 11 is 11.8. The van der Waals surface area contributed by atoms with Gasteiger partial charge in [-0.3, -0.25) is 4.79 Å². The Morgan fingerprint density at radius 1 is 1.27 bits per heavy atom. The first-order valence-electron chi connectivity index (χ1n) is 7.36. The van der Waals surface area contributed by atoms with Gasteiger partial charge < -0.3 is 9.73 Å². The van der Waals surface area contributed by atoms with Crippen molar-refractivity contribution in [1.29, 1.82) is 0 Å². The molecule has 116 valence electrons. The molecule has 1 aromatic carbocycles. The number of rotatable bonds is 5. The number of furan rings is 1. The molecule has 1 amide bonds. The molecule has 1 heterocycles. The van der Waals surface area contributed by atoms with Gasteiger partial charge in [-0.25, -0.2) is 0 Å². The van der Waals surface area contributed by atoms with Crippen LogP contribution in [0.5, 0.6) is 0 Å². The van der Waals surface area contributed by atoms with Crippen molar-refractivity contribution >= 4 is 34.8 Å². The van der Waals surface area contributed by atoms with Crippen LogP contribution in [0.1, 0.15) is 37.2 Å². The van der Waals surface area contributed by atoms with E-state index in [-0.39, 0.29) is 5.91 Å². The standard InChI is InChI=1S/C17H17Cl2NO2/c1-10-8-13(10)16-6-3-12(22-16)4-7-17(21)20-11-2-5-14(18)15(19)9-11/h2-3,5-6,9-10,13H,4,7-8H2,1H3,(H,20,21)/t10-,13-/m1/s1. The van der Waals surface area contributed by atoms with Crippen molar-refractivity contribution in [3.8, 4) is 0 Å². The van der Waals surface area contributed by atoms with Crippen LogP contribution in [0, 0.1) is 5.92 Å². The Bertz CT molecular complexity index is 696. The molecule has 5 heteroatoms. The van der Waals surface area contributed by atoms with Gasteiger partial charge in [0.05, 0.1) is 10.0 Å². The molecule has 2 atom stereocenters. The third-order valence-electron chi connectivity index (χ3n) is 3.96. The van der Waals surface area contributed by atoms with Gasteiger partial charge in [-0.15, -0.1) is 0 Å². The van der Waals surface area contributed by atoms with E-state index < -0.39 is 0 Å². The van der Waals surface area contributed by atoms with E-state index in [1.54, 1.807) is 18.2 Å². The molecular formula is C17H17Cl2NO2. The van der Waals surface area contributed by atoms with Crippen LogP contribution in [0.15, 0.2) is 34.7 Å². The highest BCUT2D eigenvalue weighted by Gasteiger charge is 2.36. The molecule has 0 spiro atoms. The van der Waals surface area contributed by atoms with Gasteiger partial charge in [0.15, 0.2) is 0 Å². The van der Waals surface area contributed by atoms with Gasteiger partial charge in [0, 0.05) is 24.4 Å². The lowest BCUT2D eigenvalue weighted by molar-refractivity contribution is -0.116. The van der Waals surface area contributed by atoms with Gasteiger partial charge in [-0.1, -0.05) is 30.1 Å². The van der Waals surface area contributed by atoms with Crippen LogP contribution < -0.4 is 5.32 Å². The fourth-order valence-corrected chi connectivity index (χ4v) is 2.78. The minimum atomic E-state index is -0.0730. The highest BCUT2D eigenvalue weighted by Crippen LogP contribution is 2.47. The van der Waals surface area contributed by atoms with E-state index in [0.29, 0.717) is 34.5 Å². The normalized spacial score (nSPS) is 20.0. The summed E-state index contributed by atoms with van der Waals surface area (Å²) in [6, 6.07) is 9.02. The van der Waals surface area contributed by atoms with Crippen molar-refractivity contribution in [3.63, 3.8) is 0 Å². The number of hydrogen-bond donors (Lipinski definition) is 1. The maximum atomic E-state index is 12.0. The molecule has 0 radical (unpaired) electrons. The molecule has 22 heavy (non-hydrogen) atoms. The van der Waals surface area contributed by atoms with E-state index in [0.717, 1.165) is 17.4 Å². The van der Waals surface area contributed by atoms with E-state index in [4.69, 9.17) is 27.6 Å². The van der Waals surface area contributed by atoms with Crippen molar-refractivity contribution < 1.29 is 9.21 Å². The molecule has 1 saturated carbocycles. The first-order valence-corrected chi connectivity index (χ1v) is 8.12. The number of nitrogens with one attached hydrogen (secondary N) is 1. The Kier molecular flexibility index (Phi) is 4.46. The summed E-state index contributed by atoms with van der Waals surface area (Å²) in [4.78, 5) is 12.0. The average Bonchev–Trinajstić information content (AvgIpc) is 3.02. The summed E-state index contributed by atoms with van der Waals surface area (Å²) in [5.74, 6) is 3.12. The molecule has 3 nitrogen and oxygen atoms in total. The van der Waals surface area contributed by atoms with Crippen LogP contribution in [0.4, 0.5) is 5.69 Å². The summed E-state index contributed by atoms with van der Waals surface area (Å²) in [5, 5.41) is 3.70. The summed E-state index contributed by atoms with van der Waals surface area (Å²) in [5.41, 5.74) is 0.645. The minimum Gasteiger partial charge on any atom is -0.466 e. The number of halogens is 2. The van der Waals surface area contributed by atoms with Gasteiger partial charge in [0.1, 0.15) is 11.5 Å². The summed E-state index contributed by atoms with van der Waals surface area (Å²) in [7, 11) is 0. The van der Waals surface area contributed by atoms with Crippen LogP contribution >= 0.6 is 23.2 Å². The van der Waals surface area contributed by atoms with E-state index in [2.05, 4.69) is 12.2 Å². The summed E-state index contributed by atoms with van der Waals surface area (Å²) in [6.45, 7) is 2.22. The average molecular weight is 338 g/mol. The molecule has 1 aliphatic carbocycles. The van der Waals surface area contributed by atoms with Crippen molar-refractivity contribution in [3.05, 3.63) is 51.9 Å². The summed E-state index contributed by atoms with van der Waals surface area (Å²) < 4.78 is 5.79. The molecule has 1 N–H and O–H groups in total. The second-order valence-corrected chi connectivity index (χ2v) is 6.62. The predicted molar refractivity (Wildman–Crippen MR) is 88.6 cm³/mol. The van der Waals surface area contributed by atoms with Crippen molar-refractivity contribution in [2.45, 2.75) is 32.1 Å². The van der Waals surface area contributed by atoms with Crippen LogP contribution in [0.2, 0.25) is 10.0 Å². The highest BCUT2D eigenvalue weighted by atomic mass is 35.5. The maximum absolute atomic E-state index is 12.0. The smallest absolute Gasteiger partial charge is 0.224 e. The van der Waals surface area contributed by atoms with Gasteiger partial charge in [-0.2, -0.15) is 0 Å². The van der Waals surface area contributed by atoms with Crippen molar-refractivity contribution in [2.75, 3.05) is 5.32 Å². The zero-order valence-corrected chi connectivity index (χ0v) is 13.7. The Hall–Kier alpha value is -1.45. The molecule has 2 aromatic rings. The van der Waals surface area contributed by atoms with Gasteiger partial charge in [0.25, 0.3) is 0 Å². The van der Waals surface area contributed by atoms with E-state index in [1.807, 2.05) is 12.1 Å². The molecule has 0 bridgehead atoms. The molecule has 3 rings (SSSR count). The fraction of sp³-hybridized carbons (Fsp3) is 0.353. The topological polar surface area (TPSA) is 42.2 Å². The van der Waals surface area contributed by atoms with E-state index >= 15 is 0 Å². The quantitative estimate of drug-likeness (QED) is 0.806. The van der Waals surface area contributed by atoms with E-state index in [1.165, 1.54) is 6.42 Å². The number of carbonyl (C=O) groups is 1. The summed E-state index contributed by atoms with van der Waals surface area (Å²) in [6.07, 6.45) is 2.16. The van der Waals surface area contributed by atoms with E-state index in [9.17, 15) is 4.79 Å². The zero-order valence-electron chi connectivity index (χ0n) is 12.2. The van der Waals surface area contributed by atoms with Crippen LogP contribution in [-0.2, 0) is 11.2 Å². The second-order valence-electron chi connectivity index (χ2n) is 5.80. The molecule has 0 aliphatic heterocycles. The van der Waals surface area contributed by atoms with Gasteiger partial charge in [-0.05, 0) is 42.7 Å². The molecule has 1 fully saturated rings. The second kappa shape index (κ2) is 6.35. The SMILES string of the molecule is C[C@@H]1C[C@H]1c1ccc(CCC(=O)Nc2ccc(Cl)c(Cl)c2)o1. The number of anilines is 1. The van der Waals surface area contributed by atoms with Crippen molar-refractivity contribution in [1.82, 2.24) is 0 Å². The monoisotopic (exact) mass is 337 g/mol. The number of hydrogen-bond acceptors (Lipinski definition) is 2. The predicted octanol–water partition coefficient (Wildman–Crippen LogP) is 5.28. The highest BCUT2D eigenvalue weighted by molar-refractivity contribution is 6.42. The molecule has 0 saturated heterocycles. The third-order valence-corrected chi connectivity index (χ3v) is 4.70. The Balaban J connectivity index is 1.51. The Morgan fingerprint density at radius 2 is 2.05 bits per heavy atom. The largest absolute Gasteiger partial charge is 0.466 e. The first kappa shape index (κ1) is 15.4. The Labute approximate surface area is 139 Å².